The second-order valence-corrected chi connectivity index (χ2v) is 2.44. The van der Waals surface area contributed by atoms with Crippen molar-refractivity contribution < 1.29 is 19.7 Å². The fourth-order valence-electron chi connectivity index (χ4n) is 1.05. The Morgan fingerprint density at radius 1 is 1.73 bits per heavy atom. The molecule has 1 rings (SSSR count). The lowest BCUT2D eigenvalue weighted by Gasteiger charge is -2.08. The van der Waals surface area contributed by atoms with Gasteiger partial charge in [0, 0.05) is 12.7 Å². The van der Waals surface area contributed by atoms with Gasteiger partial charge in [-0.25, -0.2) is 0 Å². The summed E-state index contributed by atoms with van der Waals surface area (Å²) in [5, 5.41) is 18.0. The van der Waals surface area contributed by atoms with Gasteiger partial charge in [0.25, 0.3) is 0 Å². The molecular weight excluding hydrogens is 148 g/mol. The van der Waals surface area contributed by atoms with E-state index in [0.717, 1.165) is 0 Å². The fourth-order valence-corrected chi connectivity index (χ4v) is 1.05. The van der Waals surface area contributed by atoms with Crippen LogP contribution in [0.1, 0.15) is 0 Å². The summed E-state index contributed by atoms with van der Waals surface area (Å²) >= 11 is 0. The predicted molar refractivity (Wildman–Crippen MR) is 37.9 cm³/mol. The summed E-state index contributed by atoms with van der Waals surface area (Å²) in [7, 11) is 1.46. The Morgan fingerprint density at radius 2 is 2.36 bits per heavy atom. The van der Waals surface area contributed by atoms with E-state index >= 15 is 0 Å². The van der Waals surface area contributed by atoms with E-state index in [4.69, 9.17) is 14.6 Å². The van der Waals surface area contributed by atoms with Crippen molar-refractivity contribution in [1.82, 2.24) is 0 Å². The number of methoxy groups -OCH3 is 1. The van der Waals surface area contributed by atoms with Crippen LogP contribution in [0.3, 0.4) is 0 Å². The second kappa shape index (κ2) is 3.32. The molecule has 3 atom stereocenters. The molecule has 4 heteroatoms. The van der Waals surface area contributed by atoms with E-state index in [1.807, 2.05) is 0 Å². The van der Waals surface area contributed by atoms with Crippen molar-refractivity contribution in [3.05, 3.63) is 12.2 Å². The van der Waals surface area contributed by atoms with E-state index in [1.165, 1.54) is 7.11 Å². The zero-order chi connectivity index (χ0) is 8.43. The zero-order valence-corrected chi connectivity index (χ0v) is 6.36. The van der Waals surface area contributed by atoms with Crippen LogP contribution in [0.5, 0.6) is 0 Å². The topological polar surface area (TPSA) is 58.9 Å². The normalized spacial score (nSPS) is 38.1. The maximum atomic E-state index is 9.29. The van der Waals surface area contributed by atoms with Crippen molar-refractivity contribution in [2.24, 2.45) is 0 Å². The lowest BCUT2D eigenvalue weighted by atomic mass is 10.1. The summed E-state index contributed by atoms with van der Waals surface area (Å²) < 4.78 is 9.90. The molecule has 2 N–H and O–H groups in total. The Balaban J connectivity index is 2.61. The largest absolute Gasteiger partial charge is 0.394 e. The standard InChI is InChI=1S/C7H12O4/c1-4-6(9)5(3-8)11-7(4)10-2/h5-9H,1,3H2,2H3. The summed E-state index contributed by atoms with van der Waals surface area (Å²) in [5.41, 5.74) is 0.464. The lowest BCUT2D eigenvalue weighted by molar-refractivity contribution is -0.118. The van der Waals surface area contributed by atoms with Crippen molar-refractivity contribution in [1.29, 1.82) is 0 Å². The number of ether oxygens (including phenoxy) is 2. The van der Waals surface area contributed by atoms with Gasteiger partial charge in [-0.3, -0.25) is 0 Å². The van der Waals surface area contributed by atoms with Gasteiger partial charge in [-0.15, -0.1) is 0 Å². The third kappa shape index (κ3) is 1.44. The molecule has 0 aromatic heterocycles. The molecule has 0 aromatic rings. The van der Waals surface area contributed by atoms with Crippen LogP contribution in [0.2, 0.25) is 0 Å². The molecule has 0 radical (unpaired) electrons. The summed E-state index contributed by atoms with van der Waals surface area (Å²) in [6.07, 6.45) is -1.99. The molecule has 1 aliphatic rings. The van der Waals surface area contributed by atoms with E-state index < -0.39 is 18.5 Å². The molecule has 1 aliphatic heterocycles. The minimum atomic E-state index is -0.815. The predicted octanol–water partition coefficient (Wildman–Crippen LogP) is -0.733. The molecule has 1 saturated heterocycles. The molecule has 0 bridgehead atoms. The first kappa shape index (κ1) is 8.67. The van der Waals surface area contributed by atoms with Crippen molar-refractivity contribution in [3.8, 4) is 0 Å². The molecule has 0 amide bonds. The SMILES string of the molecule is C=C1C(OC)OC(CO)C1O. The molecule has 11 heavy (non-hydrogen) atoms. The van der Waals surface area contributed by atoms with Gasteiger partial charge < -0.3 is 19.7 Å². The van der Waals surface area contributed by atoms with Crippen LogP contribution in [-0.4, -0.2) is 42.4 Å². The quantitative estimate of drug-likeness (QED) is 0.523. The zero-order valence-electron chi connectivity index (χ0n) is 6.36. The minimum Gasteiger partial charge on any atom is -0.394 e. The number of rotatable bonds is 2. The van der Waals surface area contributed by atoms with Crippen molar-refractivity contribution in [2.45, 2.75) is 18.5 Å². The van der Waals surface area contributed by atoms with Gasteiger partial charge in [0.15, 0.2) is 6.29 Å². The Kier molecular flexibility index (Phi) is 2.62. The third-order valence-electron chi connectivity index (χ3n) is 1.73. The van der Waals surface area contributed by atoms with Gasteiger partial charge in [-0.1, -0.05) is 6.58 Å². The van der Waals surface area contributed by atoms with E-state index in [9.17, 15) is 5.11 Å². The number of aliphatic hydroxyl groups is 2. The fraction of sp³-hybridized carbons (Fsp3) is 0.714. The van der Waals surface area contributed by atoms with Crippen LogP contribution in [0.15, 0.2) is 12.2 Å². The van der Waals surface area contributed by atoms with Crippen molar-refractivity contribution in [3.63, 3.8) is 0 Å². The van der Waals surface area contributed by atoms with Crippen molar-refractivity contribution in [2.75, 3.05) is 13.7 Å². The Hall–Kier alpha value is -0.420. The average molecular weight is 160 g/mol. The van der Waals surface area contributed by atoms with Crippen LogP contribution >= 0.6 is 0 Å². The summed E-state index contributed by atoms with van der Waals surface area (Å²) in [6.45, 7) is 3.35. The van der Waals surface area contributed by atoms with Crippen LogP contribution in [0.25, 0.3) is 0 Å². The maximum absolute atomic E-state index is 9.29. The number of hydrogen-bond donors (Lipinski definition) is 2. The molecule has 3 unspecified atom stereocenters. The highest BCUT2D eigenvalue weighted by Crippen LogP contribution is 2.24. The van der Waals surface area contributed by atoms with Crippen LogP contribution < -0.4 is 0 Å². The van der Waals surface area contributed by atoms with Gasteiger partial charge in [-0.2, -0.15) is 0 Å². The molecule has 0 aliphatic carbocycles. The summed E-state index contributed by atoms with van der Waals surface area (Å²) in [4.78, 5) is 0. The van der Waals surface area contributed by atoms with E-state index in [0.29, 0.717) is 5.57 Å². The van der Waals surface area contributed by atoms with E-state index in [1.54, 1.807) is 0 Å². The highest BCUT2D eigenvalue weighted by molar-refractivity contribution is 5.13. The first-order valence-electron chi connectivity index (χ1n) is 3.36. The number of aliphatic hydroxyl groups excluding tert-OH is 2. The highest BCUT2D eigenvalue weighted by atomic mass is 16.7. The third-order valence-corrected chi connectivity index (χ3v) is 1.73. The van der Waals surface area contributed by atoms with E-state index in [2.05, 4.69) is 6.58 Å². The lowest BCUT2D eigenvalue weighted by Crippen LogP contribution is -2.25. The van der Waals surface area contributed by atoms with E-state index in [-0.39, 0.29) is 6.61 Å². The molecule has 0 spiro atoms. The molecule has 0 aromatic carbocycles. The summed E-state index contributed by atoms with van der Waals surface area (Å²) in [5.74, 6) is 0. The molecule has 4 nitrogen and oxygen atoms in total. The smallest absolute Gasteiger partial charge is 0.182 e. The van der Waals surface area contributed by atoms with Gasteiger partial charge in [-0.05, 0) is 0 Å². The van der Waals surface area contributed by atoms with Crippen molar-refractivity contribution >= 4 is 0 Å². The molecule has 64 valence electrons. The van der Waals surface area contributed by atoms with Crippen LogP contribution in [0.4, 0.5) is 0 Å². The van der Waals surface area contributed by atoms with Crippen LogP contribution in [0, 0.1) is 0 Å². The highest BCUT2D eigenvalue weighted by Gasteiger charge is 2.36. The average Bonchev–Trinajstić information content (AvgIpc) is 2.30. The van der Waals surface area contributed by atoms with Gasteiger partial charge in [0.1, 0.15) is 12.2 Å². The monoisotopic (exact) mass is 160 g/mol. The van der Waals surface area contributed by atoms with Gasteiger partial charge in [0.05, 0.1) is 6.61 Å². The molecule has 1 fully saturated rings. The maximum Gasteiger partial charge on any atom is 0.182 e. The van der Waals surface area contributed by atoms with Gasteiger partial charge >= 0.3 is 0 Å². The Bertz CT molecular complexity index is 153. The summed E-state index contributed by atoms with van der Waals surface area (Å²) in [6, 6.07) is 0. The Labute approximate surface area is 65.0 Å². The van der Waals surface area contributed by atoms with Gasteiger partial charge in [0.2, 0.25) is 0 Å². The Morgan fingerprint density at radius 3 is 2.64 bits per heavy atom. The minimum absolute atomic E-state index is 0.222. The first-order chi connectivity index (χ1) is 5.20. The number of hydrogen-bond acceptors (Lipinski definition) is 4. The molecule has 1 heterocycles. The molecule has 0 saturated carbocycles. The second-order valence-electron chi connectivity index (χ2n) is 2.44. The first-order valence-corrected chi connectivity index (χ1v) is 3.36. The van der Waals surface area contributed by atoms with Crippen LogP contribution in [-0.2, 0) is 9.47 Å². The molecular formula is C7H12O4.